The number of amides is 3. The topological polar surface area (TPSA) is 115 Å². The molecule has 0 saturated heterocycles. The molecule has 0 saturated carbocycles. The van der Waals surface area contributed by atoms with Crippen LogP contribution in [0, 0.1) is 0 Å². The minimum Gasteiger partial charge on any atom is -0.467 e. The Morgan fingerprint density at radius 2 is 1.69 bits per heavy atom. The summed E-state index contributed by atoms with van der Waals surface area (Å²) >= 11 is 0. The third-order valence-electron chi connectivity index (χ3n) is 4.81. The molecule has 3 aromatic rings. The van der Waals surface area contributed by atoms with Gasteiger partial charge in [-0.1, -0.05) is 0 Å². The summed E-state index contributed by atoms with van der Waals surface area (Å²) in [5.74, 6) is -2.86. The van der Waals surface area contributed by atoms with Gasteiger partial charge in [-0.05, 0) is 54.6 Å². The van der Waals surface area contributed by atoms with Crippen molar-refractivity contribution in [2.24, 2.45) is 0 Å². The molecular formula is C23H15F3N2O7. The number of esters is 1. The van der Waals surface area contributed by atoms with E-state index < -0.39 is 42.4 Å². The Labute approximate surface area is 195 Å². The largest absolute Gasteiger partial charge is 0.573 e. The molecule has 1 aromatic heterocycles. The smallest absolute Gasteiger partial charge is 0.467 e. The minimum absolute atomic E-state index is 0.0154. The van der Waals surface area contributed by atoms with Crippen molar-refractivity contribution >= 4 is 29.4 Å². The molecule has 1 aliphatic rings. The van der Waals surface area contributed by atoms with Crippen molar-refractivity contribution in [1.82, 2.24) is 4.90 Å². The Morgan fingerprint density at radius 3 is 2.34 bits per heavy atom. The van der Waals surface area contributed by atoms with Crippen molar-refractivity contribution in [3.8, 4) is 5.75 Å². The average molecular weight is 488 g/mol. The molecule has 2 aromatic carbocycles. The van der Waals surface area contributed by atoms with E-state index in [1.165, 1.54) is 36.6 Å². The van der Waals surface area contributed by atoms with E-state index in [1.807, 2.05) is 0 Å². The van der Waals surface area contributed by atoms with Crippen LogP contribution in [-0.2, 0) is 16.1 Å². The van der Waals surface area contributed by atoms with E-state index in [2.05, 4.69) is 10.1 Å². The van der Waals surface area contributed by atoms with E-state index in [-0.39, 0.29) is 28.9 Å². The maximum Gasteiger partial charge on any atom is 0.573 e. The number of imide groups is 1. The first-order valence-electron chi connectivity index (χ1n) is 9.96. The summed E-state index contributed by atoms with van der Waals surface area (Å²) in [5, 5.41) is 2.35. The maximum absolute atomic E-state index is 12.7. The predicted molar refractivity (Wildman–Crippen MR) is 111 cm³/mol. The molecule has 3 amide bonds. The highest BCUT2D eigenvalue weighted by Crippen LogP contribution is 2.26. The first-order valence-corrected chi connectivity index (χ1v) is 9.96. The number of carbonyl (C=O) groups excluding carboxylic acids is 4. The number of alkyl halides is 3. The van der Waals surface area contributed by atoms with E-state index >= 15 is 0 Å². The monoisotopic (exact) mass is 488 g/mol. The van der Waals surface area contributed by atoms with Crippen LogP contribution in [-0.4, -0.2) is 41.6 Å². The molecule has 9 nitrogen and oxygen atoms in total. The normalized spacial score (nSPS) is 12.9. The van der Waals surface area contributed by atoms with Crippen LogP contribution in [0.4, 0.5) is 18.9 Å². The minimum atomic E-state index is -4.84. The lowest BCUT2D eigenvalue weighted by molar-refractivity contribution is -0.274. The number of halogens is 3. The first-order chi connectivity index (χ1) is 16.6. The molecule has 1 N–H and O–H groups in total. The molecule has 0 spiro atoms. The van der Waals surface area contributed by atoms with Crippen LogP contribution in [0.15, 0.2) is 65.3 Å². The highest BCUT2D eigenvalue weighted by molar-refractivity contribution is 6.21. The van der Waals surface area contributed by atoms with Crippen LogP contribution in [0.2, 0.25) is 0 Å². The van der Waals surface area contributed by atoms with Crippen LogP contribution in [0.1, 0.15) is 36.8 Å². The van der Waals surface area contributed by atoms with Gasteiger partial charge in [0.05, 0.1) is 29.5 Å². The molecule has 12 heteroatoms. The predicted octanol–water partition coefficient (Wildman–Crippen LogP) is 3.77. The van der Waals surface area contributed by atoms with E-state index in [9.17, 15) is 32.3 Å². The van der Waals surface area contributed by atoms with Crippen LogP contribution in [0.3, 0.4) is 0 Å². The van der Waals surface area contributed by atoms with E-state index in [0.717, 1.165) is 17.0 Å². The number of nitrogens with one attached hydrogen (secondary N) is 1. The van der Waals surface area contributed by atoms with Gasteiger partial charge in [-0.25, -0.2) is 4.79 Å². The van der Waals surface area contributed by atoms with Gasteiger partial charge in [-0.2, -0.15) is 0 Å². The number of nitrogens with zero attached hydrogens (tertiary/aromatic N) is 1. The Bertz CT molecular complexity index is 1290. The van der Waals surface area contributed by atoms with Crippen LogP contribution in [0.5, 0.6) is 5.75 Å². The molecule has 0 bridgehead atoms. The van der Waals surface area contributed by atoms with Gasteiger partial charge < -0.3 is 19.2 Å². The Morgan fingerprint density at radius 1 is 0.971 bits per heavy atom. The third kappa shape index (κ3) is 5.49. The fraction of sp³-hybridized carbons (Fsp3) is 0.130. The highest BCUT2D eigenvalue weighted by Gasteiger charge is 2.36. The summed E-state index contributed by atoms with van der Waals surface area (Å²) in [6.07, 6.45) is -3.43. The zero-order chi connectivity index (χ0) is 25.2. The Kier molecular flexibility index (Phi) is 6.28. The van der Waals surface area contributed by atoms with Gasteiger partial charge in [-0.3, -0.25) is 19.3 Å². The molecule has 0 radical (unpaired) electrons. The van der Waals surface area contributed by atoms with Crippen molar-refractivity contribution in [2.75, 3.05) is 11.9 Å². The fourth-order valence-corrected chi connectivity index (χ4v) is 3.27. The van der Waals surface area contributed by atoms with Gasteiger partial charge in [0.2, 0.25) is 0 Å². The number of ether oxygens (including phenoxy) is 2. The summed E-state index contributed by atoms with van der Waals surface area (Å²) in [6, 6.07) is 11.4. The number of carbonyl (C=O) groups is 4. The first kappa shape index (κ1) is 23.5. The molecule has 180 valence electrons. The Balaban J connectivity index is 1.34. The third-order valence-corrected chi connectivity index (χ3v) is 4.81. The van der Waals surface area contributed by atoms with Gasteiger partial charge in [0.25, 0.3) is 17.7 Å². The quantitative estimate of drug-likeness (QED) is 0.398. The molecule has 35 heavy (non-hydrogen) atoms. The lowest BCUT2D eigenvalue weighted by Crippen LogP contribution is -2.28. The van der Waals surface area contributed by atoms with Crippen LogP contribution < -0.4 is 10.1 Å². The number of furan rings is 1. The summed E-state index contributed by atoms with van der Waals surface area (Å²) < 4.78 is 50.4. The van der Waals surface area contributed by atoms with Crippen LogP contribution >= 0.6 is 0 Å². The number of fused-ring (bicyclic) bond motifs is 1. The Hall–Kier alpha value is -4.61. The standard InChI is InChI=1S/C23H15F3N2O7/c24-23(25,26)35-15-6-4-14(5-7-15)27-19(29)12-34-22(32)13-3-8-17-18(10-13)21(31)28(20(17)30)11-16-2-1-9-33-16/h1-10H,11-12H2,(H,27,29). The van der Waals surface area contributed by atoms with Crippen molar-refractivity contribution in [2.45, 2.75) is 12.9 Å². The average Bonchev–Trinajstić information content (AvgIpc) is 3.40. The van der Waals surface area contributed by atoms with Gasteiger partial charge in [0.1, 0.15) is 11.5 Å². The molecule has 2 heterocycles. The van der Waals surface area contributed by atoms with E-state index in [0.29, 0.717) is 5.76 Å². The highest BCUT2D eigenvalue weighted by atomic mass is 19.4. The number of rotatable bonds is 7. The van der Waals surface area contributed by atoms with Crippen LogP contribution in [0.25, 0.3) is 0 Å². The maximum atomic E-state index is 12.7. The lowest BCUT2D eigenvalue weighted by atomic mass is 10.1. The summed E-state index contributed by atoms with van der Waals surface area (Å²) in [7, 11) is 0. The van der Waals surface area contributed by atoms with Crippen molar-refractivity contribution < 1.29 is 46.2 Å². The molecule has 0 unspecified atom stereocenters. The molecule has 0 fully saturated rings. The lowest BCUT2D eigenvalue weighted by Gasteiger charge is -2.11. The summed E-state index contributed by atoms with van der Waals surface area (Å²) in [4.78, 5) is 50.5. The number of hydrogen-bond donors (Lipinski definition) is 1. The molecule has 0 atom stereocenters. The van der Waals surface area contributed by atoms with Crippen molar-refractivity contribution in [1.29, 1.82) is 0 Å². The van der Waals surface area contributed by atoms with Gasteiger partial charge >= 0.3 is 12.3 Å². The van der Waals surface area contributed by atoms with Gasteiger partial charge in [0.15, 0.2) is 6.61 Å². The number of anilines is 1. The van der Waals surface area contributed by atoms with Gasteiger partial charge in [0, 0.05) is 5.69 Å². The fourth-order valence-electron chi connectivity index (χ4n) is 3.27. The number of benzene rings is 2. The number of hydrogen-bond acceptors (Lipinski definition) is 7. The molecule has 0 aliphatic carbocycles. The van der Waals surface area contributed by atoms with Gasteiger partial charge in [-0.15, -0.1) is 13.2 Å². The summed E-state index contributed by atoms with van der Waals surface area (Å²) in [6.45, 7) is -0.767. The molecule has 4 rings (SSSR count). The zero-order valence-corrected chi connectivity index (χ0v) is 17.6. The van der Waals surface area contributed by atoms with E-state index in [1.54, 1.807) is 12.1 Å². The summed E-state index contributed by atoms with van der Waals surface area (Å²) in [5.41, 5.74) is 0.237. The van der Waals surface area contributed by atoms with Crippen molar-refractivity contribution in [3.05, 3.63) is 83.3 Å². The van der Waals surface area contributed by atoms with E-state index in [4.69, 9.17) is 9.15 Å². The molecular weight excluding hydrogens is 473 g/mol. The zero-order valence-electron chi connectivity index (χ0n) is 17.6. The SMILES string of the molecule is O=C(COC(=O)c1ccc2c(c1)C(=O)N(Cc1ccco1)C2=O)Nc1ccc(OC(F)(F)F)cc1. The van der Waals surface area contributed by atoms with Crippen molar-refractivity contribution in [3.63, 3.8) is 0 Å². The molecule has 1 aliphatic heterocycles. The second kappa shape index (κ2) is 9.33. The second-order valence-corrected chi connectivity index (χ2v) is 7.23. The second-order valence-electron chi connectivity index (χ2n) is 7.23.